The van der Waals surface area contributed by atoms with Gasteiger partial charge in [0.15, 0.2) is 12.4 Å². The number of amides is 1. The summed E-state index contributed by atoms with van der Waals surface area (Å²) in [5.41, 5.74) is 2.44. The lowest BCUT2D eigenvalue weighted by Gasteiger charge is -2.07. The fraction of sp³-hybridized carbons (Fsp3) is 0.167. The van der Waals surface area contributed by atoms with Gasteiger partial charge in [0.2, 0.25) is 0 Å². The van der Waals surface area contributed by atoms with Crippen molar-refractivity contribution in [2.45, 2.75) is 13.8 Å². The summed E-state index contributed by atoms with van der Waals surface area (Å²) in [4.78, 5) is 34.8. The Hall–Kier alpha value is -2.95. The molecule has 0 aromatic heterocycles. The highest BCUT2D eigenvalue weighted by atomic mass is 16.5. The number of carbonyl (C=O) groups is 3. The molecule has 5 nitrogen and oxygen atoms in total. The summed E-state index contributed by atoms with van der Waals surface area (Å²) in [5, 5.41) is 2.60. The summed E-state index contributed by atoms with van der Waals surface area (Å²) in [6.07, 6.45) is 0. The summed E-state index contributed by atoms with van der Waals surface area (Å²) >= 11 is 0. The molecule has 1 amide bonds. The number of hydrogen-bond acceptors (Lipinski definition) is 4. The van der Waals surface area contributed by atoms with Gasteiger partial charge in [-0.2, -0.15) is 0 Å². The highest BCUT2D eigenvalue weighted by Gasteiger charge is 2.10. The smallest absolute Gasteiger partial charge is 0.338 e. The lowest BCUT2D eigenvalue weighted by atomic mass is 10.1. The quantitative estimate of drug-likeness (QED) is 0.680. The maximum atomic E-state index is 11.8. The van der Waals surface area contributed by atoms with E-state index >= 15 is 0 Å². The van der Waals surface area contributed by atoms with Crippen molar-refractivity contribution in [3.63, 3.8) is 0 Å². The van der Waals surface area contributed by atoms with Crippen LogP contribution in [0.3, 0.4) is 0 Å². The minimum Gasteiger partial charge on any atom is -0.452 e. The number of Topliss-reactive ketones (excluding diaryl/α,β-unsaturated/α-hetero) is 1. The van der Waals surface area contributed by atoms with E-state index in [-0.39, 0.29) is 12.4 Å². The third kappa shape index (κ3) is 4.78. The largest absolute Gasteiger partial charge is 0.452 e. The zero-order valence-corrected chi connectivity index (χ0v) is 13.0. The number of aryl methyl sites for hydroxylation is 1. The Bertz CT molecular complexity index is 735. The summed E-state index contributed by atoms with van der Waals surface area (Å²) in [7, 11) is 0. The highest BCUT2D eigenvalue weighted by molar-refractivity contribution is 5.97. The van der Waals surface area contributed by atoms with Gasteiger partial charge in [-0.15, -0.1) is 0 Å². The molecule has 2 aromatic rings. The van der Waals surface area contributed by atoms with Crippen LogP contribution in [0.5, 0.6) is 0 Å². The average Bonchev–Trinajstić information content (AvgIpc) is 2.53. The second-order valence-electron chi connectivity index (χ2n) is 5.13. The Kier molecular flexibility index (Phi) is 5.25. The zero-order chi connectivity index (χ0) is 16.8. The first-order valence-corrected chi connectivity index (χ1v) is 7.10. The van der Waals surface area contributed by atoms with Gasteiger partial charge in [0.25, 0.3) is 5.91 Å². The molecule has 0 fully saturated rings. The molecule has 0 saturated heterocycles. The van der Waals surface area contributed by atoms with E-state index in [0.717, 1.165) is 5.56 Å². The molecule has 0 heterocycles. The molecule has 118 valence electrons. The standard InChI is InChI=1S/C18H17NO4/c1-12-4-3-5-15(10-12)18(22)23-11-17(21)19-16-8-6-14(7-9-16)13(2)20/h3-10H,11H2,1-2H3,(H,19,21). The number of rotatable bonds is 5. The number of hydrogen-bond donors (Lipinski definition) is 1. The van der Waals surface area contributed by atoms with Crippen LogP contribution in [-0.4, -0.2) is 24.3 Å². The van der Waals surface area contributed by atoms with Gasteiger partial charge in [0.1, 0.15) is 0 Å². The molecule has 0 atom stereocenters. The summed E-state index contributed by atoms with van der Waals surface area (Å²) < 4.78 is 4.97. The van der Waals surface area contributed by atoms with Gasteiger partial charge in [-0.1, -0.05) is 17.7 Å². The third-order valence-electron chi connectivity index (χ3n) is 3.16. The molecule has 0 spiro atoms. The Balaban J connectivity index is 1.87. The van der Waals surface area contributed by atoms with E-state index in [1.807, 2.05) is 13.0 Å². The number of ketones is 1. The average molecular weight is 311 g/mol. The molecule has 0 bridgehead atoms. The van der Waals surface area contributed by atoms with Crippen LogP contribution in [0.4, 0.5) is 5.69 Å². The van der Waals surface area contributed by atoms with Gasteiger partial charge in [0.05, 0.1) is 5.56 Å². The minimum absolute atomic E-state index is 0.0463. The topological polar surface area (TPSA) is 72.5 Å². The van der Waals surface area contributed by atoms with Crippen LogP contribution < -0.4 is 5.32 Å². The second-order valence-corrected chi connectivity index (χ2v) is 5.13. The molecule has 5 heteroatoms. The van der Waals surface area contributed by atoms with Crippen LogP contribution in [0.15, 0.2) is 48.5 Å². The number of carbonyl (C=O) groups excluding carboxylic acids is 3. The normalized spacial score (nSPS) is 10.0. The number of nitrogens with one attached hydrogen (secondary N) is 1. The minimum atomic E-state index is -0.546. The molecule has 0 aliphatic rings. The Morgan fingerprint density at radius 3 is 2.30 bits per heavy atom. The van der Waals surface area contributed by atoms with Gasteiger partial charge in [0, 0.05) is 11.3 Å². The van der Waals surface area contributed by atoms with Gasteiger partial charge >= 0.3 is 5.97 Å². The molecule has 0 saturated carbocycles. The fourth-order valence-corrected chi connectivity index (χ4v) is 1.97. The van der Waals surface area contributed by atoms with E-state index in [1.54, 1.807) is 42.5 Å². The second kappa shape index (κ2) is 7.35. The molecule has 0 unspecified atom stereocenters. The Morgan fingerprint density at radius 1 is 1.00 bits per heavy atom. The molecular weight excluding hydrogens is 294 g/mol. The van der Waals surface area contributed by atoms with Crippen molar-refractivity contribution in [3.8, 4) is 0 Å². The van der Waals surface area contributed by atoms with E-state index in [9.17, 15) is 14.4 Å². The number of anilines is 1. The molecule has 2 aromatic carbocycles. The van der Waals surface area contributed by atoms with Gasteiger partial charge in [-0.3, -0.25) is 9.59 Å². The molecule has 23 heavy (non-hydrogen) atoms. The van der Waals surface area contributed by atoms with Gasteiger partial charge in [-0.25, -0.2) is 4.79 Å². The lowest BCUT2D eigenvalue weighted by molar-refractivity contribution is -0.119. The van der Waals surface area contributed by atoms with Crippen LogP contribution in [-0.2, 0) is 9.53 Å². The first kappa shape index (κ1) is 16.4. The van der Waals surface area contributed by atoms with Crippen molar-refractivity contribution in [2.75, 3.05) is 11.9 Å². The molecule has 0 aliphatic carbocycles. The van der Waals surface area contributed by atoms with Crippen molar-refractivity contribution in [1.29, 1.82) is 0 Å². The summed E-state index contributed by atoms with van der Waals surface area (Å²) in [5.74, 6) is -1.03. The van der Waals surface area contributed by atoms with Crippen LogP contribution in [0.1, 0.15) is 33.2 Å². The number of benzene rings is 2. The van der Waals surface area contributed by atoms with Crippen LogP contribution in [0.2, 0.25) is 0 Å². The van der Waals surface area contributed by atoms with Crippen LogP contribution in [0.25, 0.3) is 0 Å². The van der Waals surface area contributed by atoms with Crippen LogP contribution >= 0.6 is 0 Å². The molecule has 1 N–H and O–H groups in total. The van der Waals surface area contributed by atoms with E-state index in [2.05, 4.69) is 5.32 Å². The zero-order valence-electron chi connectivity index (χ0n) is 13.0. The SMILES string of the molecule is CC(=O)c1ccc(NC(=O)COC(=O)c2cccc(C)c2)cc1. The summed E-state index contributed by atoms with van der Waals surface area (Å²) in [6.45, 7) is 2.97. The van der Waals surface area contributed by atoms with Crippen LogP contribution in [0, 0.1) is 6.92 Å². The predicted molar refractivity (Wildman–Crippen MR) is 86.5 cm³/mol. The molecule has 0 radical (unpaired) electrons. The van der Waals surface area contributed by atoms with Crippen molar-refractivity contribution in [3.05, 3.63) is 65.2 Å². The lowest BCUT2D eigenvalue weighted by Crippen LogP contribution is -2.21. The highest BCUT2D eigenvalue weighted by Crippen LogP contribution is 2.10. The molecule has 0 aliphatic heterocycles. The maximum absolute atomic E-state index is 11.8. The maximum Gasteiger partial charge on any atom is 0.338 e. The number of esters is 1. The third-order valence-corrected chi connectivity index (χ3v) is 3.16. The van der Waals surface area contributed by atoms with Gasteiger partial charge in [-0.05, 0) is 50.2 Å². The Morgan fingerprint density at radius 2 is 1.70 bits per heavy atom. The predicted octanol–water partition coefficient (Wildman–Crippen LogP) is 2.99. The van der Waals surface area contributed by atoms with E-state index in [0.29, 0.717) is 16.8 Å². The van der Waals surface area contributed by atoms with Gasteiger partial charge < -0.3 is 10.1 Å². The van der Waals surface area contributed by atoms with E-state index < -0.39 is 11.9 Å². The van der Waals surface area contributed by atoms with Crippen molar-refractivity contribution in [1.82, 2.24) is 0 Å². The molecule has 2 rings (SSSR count). The first-order chi connectivity index (χ1) is 11.0. The van der Waals surface area contributed by atoms with Crippen molar-refractivity contribution in [2.24, 2.45) is 0 Å². The monoisotopic (exact) mass is 311 g/mol. The van der Waals surface area contributed by atoms with E-state index in [1.165, 1.54) is 6.92 Å². The first-order valence-electron chi connectivity index (χ1n) is 7.10. The van der Waals surface area contributed by atoms with E-state index in [4.69, 9.17) is 4.74 Å². The fourth-order valence-electron chi connectivity index (χ4n) is 1.97. The summed E-state index contributed by atoms with van der Waals surface area (Å²) in [6, 6.07) is 13.4. The molecular formula is C18H17NO4. The van der Waals surface area contributed by atoms with Crippen molar-refractivity contribution >= 4 is 23.3 Å². The van der Waals surface area contributed by atoms with Crippen molar-refractivity contribution < 1.29 is 19.1 Å². The Labute approximate surface area is 134 Å². The number of ether oxygens (including phenoxy) is 1.